The summed E-state index contributed by atoms with van der Waals surface area (Å²) in [4.78, 5) is 11.3. The minimum absolute atomic E-state index is 0.309. The normalized spacial score (nSPS) is 16.6. The van der Waals surface area contributed by atoms with Crippen LogP contribution in [0.2, 0.25) is 0 Å². The van der Waals surface area contributed by atoms with Crippen LogP contribution in [0.1, 0.15) is 42.5 Å². The smallest absolute Gasteiger partial charge is 0.337 e. The monoisotopic (exact) mass is 297 g/mol. The second-order valence-electron chi connectivity index (χ2n) is 4.98. The van der Waals surface area contributed by atoms with E-state index in [-0.39, 0.29) is 5.25 Å². The molecule has 2 rings (SSSR count). The van der Waals surface area contributed by atoms with Crippen LogP contribution < -0.4 is 4.72 Å². The van der Waals surface area contributed by atoms with Crippen LogP contribution in [0.25, 0.3) is 0 Å². The van der Waals surface area contributed by atoms with Crippen LogP contribution in [0.5, 0.6) is 0 Å². The molecule has 20 heavy (non-hydrogen) atoms. The van der Waals surface area contributed by atoms with E-state index in [0.29, 0.717) is 11.3 Å². The molecule has 1 aliphatic rings. The highest BCUT2D eigenvalue weighted by Crippen LogP contribution is 2.25. The summed E-state index contributed by atoms with van der Waals surface area (Å²) >= 11 is 0. The fraction of sp³-hybridized carbons (Fsp3) is 0.500. The first-order chi connectivity index (χ1) is 9.53. The number of sulfonamides is 1. The summed E-state index contributed by atoms with van der Waals surface area (Å²) in [5.41, 5.74) is 0.872. The first-order valence-electron chi connectivity index (χ1n) is 6.73. The van der Waals surface area contributed by atoms with Crippen LogP contribution in [0.3, 0.4) is 0 Å². The first-order valence-corrected chi connectivity index (χ1v) is 8.27. The number of anilines is 1. The molecule has 0 heterocycles. The topological polar surface area (TPSA) is 72.5 Å². The highest BCUT2D eigenvalue weighted by atomic mass is 32.2. The molecule has 1 fully saturated rings. The number of ether oxygens (including phenoxy) is 1. The Morgan fingerprint density at radius 2 is 1.75 bits per heavy atom. The maximum atomic E-state index is 12.2. The molecule has 0 aliphatic heterocycles. The van der Waals surface area contributed by atoms with Crippen LogP contribution in [0.4, 0.5) is 5.69 Å². The third kappa shape index (κ3) is 3.50. The Balaban J connectivity index is 2.07. The molecule has 0 radical (unpaired) electrons. The van der Waals surface area contributed by atoms with Gasteiger partial charge in [0.05, 0.1) is 17.9 Å². The Hall–Kier alpha value is -1.56. The van der Waals surface area contributed by atoms with Gasteiger partial charge in [0, 0.05) is 5.69 Å². The van der Waals surface area contributed by atoms with Crippen molar-refractivity contribution in [3.8, 4) is 0 Å². The lowest BCUT2D eigenvalue weighted by Gasteiger charge is -2.22. The standard InChI is InChI=1S/C14H19NO4S/c1-19-14(16)11-7-9-12(10-8-11)15-20(17,18)13-5-3-2-4-6-13/h7-10,13,15H,2-6H2,1H3. The molecule has 110 valence electrons. The number of carbonyl (C=O) groups is 1. The van der Waals surface area contributed by atoms with E-state index in [0.717, 1.165) is 32.1 Å². The molecule has 1 aliphatic carbocycles. The Morgan fingerprint density at radius 3 is 2.30 bits per heavy atom. The molecule has 0 aromatic heterocycles. The van der Waals surface area contributed by atoms with Gasteiger partial charge in [-0.1, -0.05) is 19.3 Å². The van der Waals surface area contributed by atoms with Crippen molar-refractivity contribution in [1.29, 1.82) is 0 Å². The Labute approximate surface area is 119 Å². The summed E-state index contributed by atoms with van der Waals surface area (Å²) in [6, 6.07) is 6.24. The first kappa shape index (κ1) is 14.8. The van der Waals surface area contributed by atoms with Gasteiger partial charge in [-0.25, -0.2) is 13.2 Å². The van der Waals surface area contributed by atoms with Gasteiger partial charge in [-0.15, -0.1) is 0 Å². The van der Waals surface area contributed by atoms with Gasteiger partial charge < -0.3 is 4.74 Å². The van der Waals surface area contributed by atoms with Crippen molar-refractivity contribution >= 4 is 21.7 Å². The number of nitrogens with one attached hydrogen (secondary N) is 1. The van der Waals surface area contributed by atoms with Gasteiger partial charge in [-0.2, -0.15) is 0 Å². The molecule has 0 saturated heterocycles. The lowest BCUT2D eigenvalue weighted by Crippen LogP contribution is -2.29. The van der Waals surface area contributed by atoms with E-state index in [1.807, 2.05) is 0 Å². The molecule has 6 heteroatoms. The number of hydrogen-bond donors (Lipinski definition) is 1. The molecule has 0 bridgehead atoms. The third-order valence-electron chi connectivity index (χ3n) is 3.56. The van der Waals surface area contributed by atoms with E-state index < -0.39 is 16.0 Å². The Kier molecular flexibility index (Phi) is 4.65. The van der Waals surface area contributed by atoms with E-state index in [2.05, 4.69) is 9.46 Å². The number of esters is 1. The lowest BCUT2D eigenvalue weighted by atomic mass is 10.0. The van der Waals surface area contributed by atoms with E-state index in [4.69, 9.17) is 0 Å². The SMILES string of the molecule is COC(=O)c1ccc(NS(=O)(=O)C2CCCCC2)cc1. The molecule has 0 unspecified atom stereocenters. The summed E-state index contributed by atoms with van der Waals surface area (Å²) in [5.74, 6) is -0.438. The van der Waals surface area contributed by atoms with Crippen molar-refractivity contribution < 1.29 is 17.9 Å². The molecule has 5 nitrogen and oxygen atoms in total. The predicted octanol–water partition coefficient (Wildman–Crippen LogP) is 2.55. The van der Waals surface area contributed by atoms with Crippen LogP contribution in [0.15, 0.2) is 24.3 Å². The summed E-state index contributed by atoms with van der Waals surface area (Å²) in [6.07, 6.45) is 4.48. The van der Waals surface area contributed by atoms with Crippen LogP contribution in [-0.4, -0.2) is 26.7 Å². The molecule has 1 N–H and O–H groups in total. The van der Waals surface area contributed by atoms with Gasteiger partial charge in [-0.05, 0) is 37.1 Å². The molecular formula is C14H19NO4S. The lowest BCUT2D eigenvalue weighted by molar-refractivity contribution is 0.0601. The molecule has 1 aromatic rings. The highest BCUT2D eigenvalue weighted by Gasteiger charge is 2.27. The molecule has 1 aromatic carbocycles. The molecule has 0 amide bonds. The fourth-order valence-corrected chi connectivity index (χ4v) is 4.00. The zero-order valence-corrected chi connectivity index (χ0v) is 12.3. The number of carbonyl (C=O) groups excluding carboxylic acids is 1. The average molecular weight is 297 g/mol. The van der Waals surface area contributed by atoms with Crippen molar-refractivity contribution in [2.24, 2.45) is 0 Å². The van der Waals surface area contributed by atoms with Crippen molar-refractivity contribution in [3.05, 3.63) is 29.8 Å². The van der Waals surface area contributed by atoms with Crippen molar-refractivity contribution in [2.45, 2.75) is 37.4 Å². The van der Waals surface area contributed by atoms with Crippen molar-refractivity contribution in [2.75, 3.05) is 11.8 Å². The second-order valence-corrected chi connectivity index (χ2v) is 6.94. The van der Waals surface area contributed by atoms with E-state index in [9.17, 15) is 13.2 Å². The summed E-state index contributed by atoms with van der Waals surface area (Å²) in [6.45, 7) is 0. The van der Waals surface area contributed by atoms with Gasteiger partial charge >= 0.3 is 5.97 Å². The highest BCUT2D eigenvalue weighted by molar-refractivity contribution is 7.93. The largest absolute Gasteiger partial charge is 0.465 e. The molecule has 0 atom stereocenters. The van der Waals surface area contributed by atoms with Gasteiger partial charge in [0.15, 0.2) is 0 Å². The fourth-order valence-electron chi connectivity index (χ4n) is 2.42. The van der Waals surface area contributed by atoms with Gasteiger partial charge in [-0.3, -0.25) is 4.72 Å². The zero-order valence-electron chi connectivity index (χ0n) is 11.5. The second kappa shape index (κ2) is 6.26. The van der Waals surface area contributed by atoms with Crippen LogP contribution >= 0.6 is 0 Å². The van der Waals surface area contributed by atoms with E-state index >= 15 is 0 Å². The average Bonchev–Trinajstić information content (AvgIpc) is 2.48. The van der Waals surface area contributed by atoms with Crippen LogP contribution in [0, 0.1) is 0 Å². The Bertz CT molecular complexity index is 559. The van der Waals surface area contributed by atoms with Crippen LogP contribution in [-0.2, 0) is 14.8 Å². The predicted molar refractivity (Wildman–Crippen MR) is 77.2 cm³/mol. The molecule has 0 spiro atoms. The Morgan fingerprint density at radius 1 is 1.15 bits per heavy atom. The number of benzene rings is 1. The third-order valence-corrected chi connectivity index (χ3v) is 5.43. The maximum Gasteiger partial charge on any atom is 0.337 e. The van der Waals surface area contributed by atoms with Gasteiger partial charge in [0.1, 0.15) is 0 Å². The van der Waals surface area contributed by atoms with Crippen molar-refractivity contribution in [1.82, 2.24) is 0 Å². The summed E-state index contributed by atoms with van der Waals surface area (Å²) in [5, 5.41) is -0.309. The molecule has 1 saturated carbocycles. The van der Waals surface area contributed by atoms with E-state index in [1.165, 1.54) is 7.11 Å². The minimum Gasteiger partial charge on any atom is -0.465 e. The summed E-state index contributed by atoms with van der Waals surface area (Å²) < 4.78 is 31.6. The number of hydrogen-bond acceptors (Lipinski definition) is 4. The minimum atomic E-state index is -3.34. The summed E-state index contributed by atoms with van der Waals surface area (Å²) in [7, 11) is -2.03. The zero-order chi connectivity index (χ0) is 14.6. The van der Waals surface area contributed by atoms with E-state index in [1.54, 1.807) is 24.3 Å². The van der Waals surface area contributed by atoms with Gasteiger partial charge in [0.25, 0.3) is 0 Å². The molecular weight excluding hydrogens is 278 g/mol. The van der Waals surface area contributed by atoms with Crippen molar-refractivity contribution in [3.63, 3.8) is 0 Å². The number of rotatable bonds is 4. The quantitative estimate of drug-likeness (QED) is 0.867. The maximum absolute atomic E-state index is 12.2. The van der Waals surface area contributed by atoms with Gasteiger partial charge in [0.2, 0.25) is 10.0 Å². The number of methoxy groups -OCH3 is 1.